The van der Waals surface area contributed by atoms with E-state index in [4.69, 9.17) is 5.73 Å². The highest BCUT2D eigenvalue weighted by atomic mass is 79.9. The molecular weight excluding hydrogens is 352 g/mol. The first-order valence-electron chi connectivity index (χ1n) is 6.23. The Hall–Kier alpha value is -1.92. The number of nitrogen functional groups attached to an aromatic ring is 1. The van der Waals surface area contributed by atoms with Crippen molar-refractivity contribution in [3.05, 3.63) is 72.5 Å². The molecule has 0 saturated heterocycles. The van der Waals surface area contributed by atoms with Crippen LogP contribution in [0.3, 0.4) is 0 Å². The molecule has 0 saturated carbocycles. The van der Waals surface area contributed by atoms with Gasteiger partial charge in [-0.1, -0.05) is 45.5 Å². The predicted octanol–water partition coefficient (Wildman–Crippen LogP) is 2.82. The number of halogens is 1. The first kappa shape index (κ1) is 14.0. The number of fused-ring (bicyclic) bond motifs is 1. The van der Waals surface area contributed by atoms with E-state index in [9.17, 15) is 9.59 Å². The molecule has 0 aliphatic heterocycles. The van der Waals surface area contributed by atoms with Gasteiger partial charge in [0, 0.05) is 20.4 Å². The van der Waals surface area contributed by atoms with Crippen LogP contribution in [0.2, 0.25) is 0 Å². The summed E-state index contributed by atoms with van der Waals surface area (Å²) in [6.07, 6.45) is 0. The maximum atomic E-state index is 12.5. The first-order chi connectivity index (χ1) is 10.1. The predicted molar refractivity (Wildman–Crippen MR) is 90.0 cm³/mol. The fourth-order valence-electron chi connectivity index (χ4n) is 2.15. The Bertz CT molecular complexity index is 926. The van der Waals surface area contributed by atoms with Crippen molar-refractivity contribution in [2.24, 2.45) is 0 Å². The van der Waals surface area contributed by atoms with Gasteiger partial charge in [-0.05, 0) is 24.3 Å². The van der Waals surface area contributed by atoms with Gasteiger partial charge in [-0.25, -0.2) is 0 Å². The number of benzene rings is 2. The van der Waals surface area contributed by atoms with Crippen molar-refractivity contribution in [1.29, 1.82) is 0 Å². The summed E-state index contributed by atoms with van der Waals surface area (Å²) in [5.41, 5.74) is 6.94. The molecule has 2 N–H and O–H groups in total. The molecule has 0 spiro atoms. The normalized spacial score (nSPS) is 10.9. The molecule has 21 heavy (non-hydrogen) atoms. The van der Waals surface area contributed by atoms with Crippen molar-refractivity contribution in [3.8, 4) is 0 Å². The second-order valence-electron chi connectivity index (χ2n) is 4.56. The summed E-state index contributed by atoms with van der Waals surface area (Å²) >= 11 is 4.47. The van der Waals surface area contributed by atoms with Crippen LogP contribution in [-0.4, -0.2) is 4.57 Å². The summed E-state index contributed by atoms with van der Waals surface area (Å²) in [5, 5.41) is 0.549. The lowest BCUT2D eigenvalue weighted by Gasteiger charge is -2.10. The highest BCUT2D eigenvalue weighted by molar-refractivity contribution is 9.10. The van der Waals surface area contributed by atoms with Gasteiger partial charge in [-0.3, -0.25) is 14.2 Å². The van der Waals surface area contributed by atoms with Crippen LogP contribution in [0.1, 0.15) is 5.56 Å². The molecule has 0 aliphatic rings. The lowest BCUT2D eigenvalue weighted by molar-refractivity contribution is 0.752. The van der Waals surface area contributed by atoms with Crippen LogP contribution in [0.25, 0.3) is 10.1 Å². The number of hydrogen-bond acceptors (Lipinski definition) is 4. The number of aromatic nitrogens is 1. The Morgan fingerprint density at radius 1 is 1.10 bits per heavy atom. The summed E-state index contributed by atoms with van der Waals surface area (Å²) in [4.78, 5) is 24.4. The van der Waals surface area contributed by atoms with E-state index in [1.807, 2.05) is 18.2 Å². The van der Waals surface area contributed by atoms with Gasteiger partial charge < -0.3 is 5.73 Å². The quantitative estimate of drug-likeness (QED) is 0.712. The summed E-state index contributed by atoms with van der Waals surface area (Å²) in [5.74, 6) is 0. The molecule has 0 atom stereocenters. The zero-order valence-corrected chi connectivity index (χ0v) is 13.3. The molecule has 106 valence electrons. The number of rotatable bonds is 2. The number of nitrogens with two attached hydrogens (primary N) is 1. The smallest absolute Gasteiger partial charge is 0.310 e. The van der Waals surface area contributed by atoms with Crippen molar-refractivity contribution in [2.45, 2.75) is 6.54 Å². The van der Waals surface area contributed by atoms with Crippen LogP contribution in [0, 0.1) is 0 Å². The number of anilines is 1. The standard InChI is InChI=1S/C15H11BrN2O2S/c16-11-5-3-6-12(17)10(11)8-18-14(19)9-4-1-2-7-13(9)21-15(18)20/h1-7H,8,17H2. The molecule has 6 heteroatoms. The average Bonchev–Trinajstić information content (AvgIpc) is 2.46. The Morgan fingerprint density at radius 2 is 1.86 bits per heavy atom. The molecule has 0 aliphatic carbocycles. The van der Waals surface area contributed by atoms with E-state index in [0.717, 1.165) is 21.4 Å². The molecule has 1 heterocycles. The zero-order chi connectivity index (χ0) is 15.0. The summed E-state index contributed by atoms with van der Waals surface area (Å²) in [6, 6.07) is 12.5. The third-order valence-corrected chi connectivity index (χ3v) is 4.97. The third kappa shape index (κ3) is 2.52. The molecule has 1 aromatic heterocycles. The van der Waals surface area contributed by atoms with Crippen molar-refractivity contribution < 1.29 is 0 Å². The second-order valence-corrected chi connectivity index (χ2v) is 6.41. The summed E-state index contributed by atoms with van der Waals surface area (Å²) in [6.45, 7) is 0.159. The first-order valence-corrected chi connectivity index (χ1v) is 7.84. The molecule has 3 rings (SSSR count). The third-order valence-electron chi connectivity index (χ3n) is 3.25. The van der Waals surface area contributed by atoms with E-state index in [2.05, 4.69) is 15.9 Å². The van der Waals surface area contributed by atoms with E-state index in [1.54, 1.807) is 24.3 Å². The van der Waals surface area contributed by atoms with Crippen LogP contribution in [0.15, 0.2) is 56.5 Å². The lowest BCUT2D eigenvalue weighted by atomic mass is 10.2. The van der Waals surface area contributed by atoms with Crippen LogP contribution < -0.4 is 16.2 Å². The van der Waals surface area contributed by atoms with Gasteiger partial charge in [0.25, 0.3) is 5.56 Å². The molecule has 0 unspecified atom stereocenters. The van der Waals surface area contributed by atoms with Crippen molar-refractivity contribution in [1.82, 2.24) is 4.57 Å². The summed E-state index contributed by atoms with van der Waals surface area (Å²) in [7, 11) is 0. The van der Waals surface area contributed by atoms with E-state index in [1.165, 1.54) is 4.57 Å². The van der Waals surface area contributed by atoms with E-state index >= 15 is 0 Å². The van der Waals surface area contributed by atoms with Gasteiger partial charge in [0.15, 0.2) is 0 Å². The maximum absolute atomic E-state index is 12.5. The minimum atomic E-state index is -0.287. The van der Waals surface area contributed by atoms with Crippen LogP contribution in [0.4, 0.5) is 5.69 Å². The Balaban J connectivity index is 2.22. The van der Waals surface area contributed by atoms with Gasteiger partial charge in [0.1, 0.15) is 0 Å². The largest absolute Gasteiger partial charge is 0.398 e. The highest BCUT2D eigenvalue weighted by Gasteiger charge is 2.11. The molecule has 0 fully saturated rings. The van der Waals surface area contributed by atoms with Crippen molar-refractivity contribution in [2.75, 3.05) is 5.73 Å². The Morgan fingerprint density at radius 3 is 2.62 bits per heavy atom. The molecule has 4 nitrogen and oxygen atoms in total. The van der Waals surface area contributed by atoms with Gasteiger partial charge in [0.2, 0.25) is 0 Å². The van der Waals surface area contributed by atoms with Gasteiger partial charge >= 0.3 is 4.87 Å². The molecule has 0 amide bonds. The SMILES string of the molecule is Nc1cccc(Br)c1Cn1c(=O)sc2ccccc2c1=O. The minimum Gasteiger partial charge on any atom is -0.398 e. The number of nitrogens with zero attached hydrogens (tertiary/aromatic N) is 1. The molecule has 0 radical (unpaired) electrons. The fourth-order valence-corrected chi connectivity index (χ4v) is 3.51. The Labute approximate surface area is 132 Å². The second kappa shape index (κ2) is 5.46. The van der Waals surface area contributed by atoms with E-state index in [0.29, 0.717) is 15.8 Å². The van der Waals surface area contributed by atoms with Gasteiger partial charge in [-0.15, -0.1) is 0 Å². The van der Waals surface area contributed by atoms with E-state index in [-0.39, 0.29) is 17.0 Å². The zero-order valence-electron chi connectivity index (χ0n) is 10.9. The molecule has 2 aromatic carbocycles. The average molecular weight is 363 g/mol. The van der Waals surface area contributed by atoms with Crippen molar-refractivity contribution >= 4 is 43.0 Å². The fraction of sp³-hybridized carbons (Fsp3) is 0.0667. The minimum absolute atomic E-state index is 0.159. The molecule has 3 aromatic rings. The van der Waals surface area contributed by atoms with Crippen LogP contribution in [-0.2, 0) is 6.54 Å². The summed E-state index contributed by atoms with van der Waals surface area (Å²) < 4.78 is 2.71. The highest BCUT2D eigenvalue weighted by Crippen LogP contribution is 2.23. The Kier molecular flexibility index (Phi) is 3.65. The molecular formula is C15H11BrN2O2S. The van der Waals surface area contributed by atoms with Gasteiger partial charge in [-0.2, -0.15) is 0 Å². The maximum Gasteiger partial charge on any atom is 0.310 e. The lowest BCUT2D eigenvalue weighted by Crippen LogP contribution is -2.31. The monoisotopic (exact) mass is 362 g/mol. The topological polar surface area (TPSA) is 65.1 Å². The van der Waals surface area contributed by atoms with E-state index < -0.39 is 0 Å². The van der Waals surface area contributed by atoms with Gasteiger partial charge in [0.05, 0.1) is 11.9 Å². The van der Waals surface area contributed by atoms with Crippen molar-refractivity contribution in [3.63, 3.8) is 0 Å². The molecule has 0 bridgehead atoms. The van der Waals surface area contributed by atoms with Crippen LogP contribution >= 0.6 is 27.3 Å². The number of hydrogen-bond donors (Lipinski definition) is 1. The van der Waals surface area contributed by atoms with Crippen LogP contribution in [0.5, 0.6) is 0 Å².